The summed E-state index contributed by atoms with van der Waals surface area (Å²) in [6.07, 6.45) is -0.486. The number of hydrogen-bond donors (Lipinski definition) is 2. The number of aliphatic hydroxyl groups excluding tert-OH is 1. The van der Waals surface area contributed by atoms with E-state index in [1.807, 2.05) is 42.5 Å². The van der Waals surface area contributed by atoms with Gasteiger partial charge in [-0.3, -0.25) is 0 Å². The van der Waals surface area contributed by atoms with Gasteiger partial charge in [0.05, 0.1) is 12.1 Å². The Balaban J connectivity index is 1.92. The summed E-state index contributed by atoms with van der Waals surface area (Å²) < 4.78 is 0. The van der Waals surface area contributed by atoms with Gasteiger partial charge in [0.15, 0.2) is 0 Å². The van der Waals surface area contributed by atoms with Gasteiger partial charge in [0, 0.05) is 6.54 Å². The molecule has 2 aromatic carbocycles. The van der Waals surface area contributed by atoms with Crippen LogP contribution in [0.3, 0.4) is 0 Å². The van der Waals surface area contributed by atoms with Crippen LogP contribution in [0.1, 0.15) is 28.8 Å². The Hall–Kier alpha value is -1.64. The fraction of sp³-hybridized carbons (Fsp3) is 0.200. The smallest absolute Gasteiger partial charge is 0.0984 e. The third-order valence-electron chi connectivity index (χ3n) is 3.36. The number of nitrogens with one attached hydrogen (secondary N) is 1. The van der Waals surface area contributed by atoms with Crippen LogP contribution < -0.4 is 5.32 Å². The summed E-state index contributed by atoms with van der Waals surface area (Å²) in [5.41, 5.74) is 3.46. The van der Waals surface area contributed by atoms with Crippen molar-refractivity contribution < 1.29 is 5.11 Å². The summed E-state index contributed by atoms with van der Waals surface area (Å²) in [5.74, 6) is 0. The molecule has 1 heterocycles. The Kier molecular flexibility index (Phi) is 2.67. The van der Waals surface area contributed by atoms with Gasteiger partial charge >= 0.3 is 0 Å². The Labute approximate surface area is 101 Å². The first-order chi connectivity index (χ1) is 8.36. The first kappa shape index (κ1) is 10.5. The lowest BCUT2D eigenvalue weighted by atomic mass is 9.96. The van der Waals surface area contributed by atoms with E-state index in [-0.39, 0.29) is 6.04 Å². The molecule has 0 bridgehead atoms. The van der Waals surface area contributed by atoms with Crippen molar-refractivity contribution in [3.8, 4) is 0 Å². The number of rotatable bonds is 2. The van der Waals surface area contributed by atoms with E-state index in [4.69, 9.17) is 0 Å². The van der Waals surface area contributed by atoms with Crippen LogP contribution in [0.5, 0.6) is 0 Å². The maximum Gasteiger partial charge on any atom is 0.0984 e. The minimum atomic E-state index is -0.486. The van der Waals surface area contributed by atoms with Crippen molar-refractivity contribution in [3.63, 3.8) is 0 Å². The second-order valence-electron chi connectivity index (χ2n) is 4.41. The molecule has 0 radical (unpaired) electrons. The third-order valence-corrected chi connectivity index (χ3v) is 3.36. The lowest BCUT2D eigenvalue weighted by Crippen LogP contribution is -2.20. The molecule has 0 aromatic heterocycles. The quantitative estimate of drug-likeness (QED) is 0.823. The van der Waals surface area contributed by atoms with Crippen molar-refractivity contribution in [3.05, 3.63) is 71.3 Å². The zero-order valence-electron chi connectivity index (χ0n) is 9.51. The zero-order valence-corrected chi connectivity index (χ0v) is 9.51. The van der Waals surface area contributed by atoms with Gasteiger partial charge in [-0.15, -0.1) is 0 Å². The molecular formula is C15H15NO. The zero-order chi connectivity index (χ0) is 11.7. The maximum absolute atomic E-state index is 10.4. The molecule has 0 saturated carbocycles. The fourth-order valence-corrected chi connectivity index (χ4v) is 2.45. The summed E-state index contributed by atoms with van der Waals surface area (Å²) in [5, 5.41) is 13.8. The summed E-state index contributed by atoms with van der Waals surface area (Å²) in [6.45, 7) is 0.838. The van der Waals surface area contributed by atoms with E-state index in [1.54, 1.807) is 0 Å². The van der Waals surface area contributed by atoms with Crippen molar-refractivity contribution in [2.75, 3.05) is 0 Å². The van der Waals surface area contributed by atoms with Gasteiger partial charge in [-0.05, 0) is 16.7 Å². The topological polar surface area (TPSA) is 32.3 Å². The molecule has 2 atom stereocenters. The number of aliphatic hydroxyl groups is 1. The third kappa shape index (κ3) is 1.86. The molecule has 2 nitrogen and oxygen atoms in total. The van der Waals surface area contributed by atoms with Gasteiger partial charge in [-0.2, -0.15) is 0 Å². The Morgan fingerprint density at radius 3 is 2.53 bits per heavy atom. The van der Waals surface area contributed by atoms with Gasteiger partial charge in [0.25, 0.3) is 0 Å². The molecule has 0 spiro atoms. The van der Waals surface area contributed by atoms with Crippen molar-refractivity contribution in [1.29, 1.82) is 0 Å². The molecule has 0 amide bonds. The molecule has 2 unspecified atom stereocenters. The molecule has 0 saturated heterocycles. The predicted octanol–water partition coefficient (Wildman–Crippen LogP) is 2.56. The van der Waals surface area contributed by atoms with Crippen LogP contribution >= 0.6 is 0 Å². The predicted molar refractivity (Wildman–Crippen MR) is 67.4 cm³/mol. The minimum Gasteiger partial charge on any atom is -0.386 e. The van der Waals surface area contributed by atoms with E-state index in [9.17, 15) is 5.11 Å². The summed E-state index contributed by atoms with van der Waals surface area (Å²) in [4.78, 5) is 0. The van der Waals surface area contributed by atoms with Crippen molar-refractivity contribution >= 4 is 0 Å². The molecule has 1 aliphatic heterocycles. The monoisotopic (exact) mass is 225 g/mol. The van der Waals surface area contributed by atoms with Gasteiger partial charge in [-0.1, -0.05) is 54.6 Å². The fourth-order valence-electron chi connectivity index (χ4n) is 2.45. The highest BCUT2D eigenvalue weighted by Crippen LogP contribution is 2.34. The van der Waals surface area contributed by atoms with Crippen LogP contribution in [0, 0.1) is 0 Å². The van der Waals surface area contributed by atoms with Gasteiger partial charge in [0.1, 0.15) is 0 Å². The minimum absolute atomic E-state index is 0.00796. The van der Waals surface area contributed by atoms with Crippen LogP contribution in [-0.2, 0) is 6.54 Å². The Morgan fingerprint density at radius 1 is 1.00 bits per heavy atom. The van der Waals surface area contributed by atoms with Gasteiger partial charge in [-0.25, -0.2) is 0 Å². The number of hydrogen-bond acceptors (Lipinski definition) is 2. The van der Waals surface area contributed by atoms with Gasteiger partial charge in [0.2, 0.25) is 0 Å². The van der Waals surface area contributed by atoms with E-state index >= 15 is 0 Å². The Morgan fingerprint density at radius 2 is 1.71 bits per heavy atom. The molecule has 2 aromatic rings. The number of fused-ring (bicyclic) bond motifs is 1. The standard InChI is InChI=1S/C15H15NO/c17-15(11-6-2-1-3-7-11)14-13-9-5-4-8-12(13)10-16-14/h1-9,14-17H,10H2. The largest absolute Gasteiger partial charge is 0.386 e. The summed E-state index contributed by atoms with van der Waals surface area (Å²) in [6, 6.07) is 18.1. The lowest BCUT2D eigenvalue weighted by molar-refractivity contribution is 0.133. The first-order valence-electron chi connectivity index (χ1n) is 5.90. The average molecular weight is 225 g/mol. The second kappa shape index (κ2) is 4.32. The number of benzene rings is 2. The average Bonchev–Trinajstić information content (AvgIpc) is 2.83. The van der Waals surface area contributed by atoms with Crippen LogP contribution in [0.2, 0.25) is 0 Å². The van der Waals surface area contributed by atoms with Crippen molar-refractivity contribution in [2.45, 2.75) is 18.7 Å². The van der Waals surface area contributed by atoms with Crippen molar-refractivity contribution in [1.82, 2.24) is 5.32 Å². The van der Waals surface area contributed by atoms with E-state index in [0.29, 0.717) is 0 Å². The normalized spacial score (nSPS) is 19.9. The van der Waals surface area contributed by atoms with E-state index in [1.165, 1.54) is 11.1 Å². The highest BCUT2D eigenvalue weighted by atomic mass is 16.3. The molecule has 17 heavy (non-hydrogen) atoms. The molecule has 1 aliphatic rings. The molecule has 2 N–H and O–H groups in total. The molecule has 0 fully saturated rings. The highest BCUT2D eigenvalue weighted by molar-refractivity contribution is 5.36. The second-order valence-corrected chi connectivity index (χ2v) is 4.41. The molecule has 3 rings (SSSR count). The van der Waals surface area contributed by atoms with Crippen molar-refractivity contribution in [2.24, 2.45) is 0 Å². The van der Waals surface area contributed by atoms with E-state index in [2.05, 4.69) is 17.4 Å². The van der Waals surface area contributed by atoms with Crippen LogP contribution in [-0.4, -0.2) is 5.11 Å². The lowest BCUT2D eigenvalue weighted by Gasteiger charge is -2.19. The van der Waals surface area contributed by atoms with E-state index in [0.717, 1.165) is 12.1 Å². The molecular weight excluding hydrogens is 210 g/mol. The molecule has 0 aliphatic carbocycles. The highest BCUT2D eigenvalue weighted by Gasteiger charge is 2.28. The van der Waals surface area contributed by atoms with Crippen LogP contribution in [0.4, 0.5) is 0 Å². The first-order valence-corrected chi connectivity index (χ1v) is 5.90. The SMILES string of the molecule is OC(c1ccccc1)C1NCc2ccccc21. The van der Waals surface area contributed by atoms with E-state index < -0.39 is 6.10 Å². The van der Waals surface area contributed by atoms with Gasteiger partial charge < -0.3 is 10.4 Å². The molecule has 86 valence electrons. The van der Waals surface area contributed by atoms with Crippen LogP contribution in [0.25, 0.3) is 0 Å². The maximum atomic E-state index is 10.4. The molecule has 2 heteroatoms. The summed E-state index contributed by atoms with van der Waals surface area (Å²) in [7, 11) is 0. The Bertz CT molecular complexity index is 509. The van der Waals surface area contributed by atoms with Crippen LogP contribution in [0.15, 0.2) is 54.6 Å². The summed E-state index contributed by atoms with van der Waals surface area (Å²) >= 11 is 0.